The number of fused-ring (bicyclic) bond motifs is 1. The number of nitrogens with zero attached hydrogens (tertiary/aromatic N) is 5. The third kappa shape index (κ3) is 4.81. The predicted molar refractivity (Wildman–Crippen MR) is 123 cm³/mol. The summed E-state index contributed by atoms with van der Waals surface area (Å²) in [4.78, 5) is 30.6. The molecule has 0 spiro atoms. The molecule has 2 fully saturated rings. The van der Waals surface area contributed by atoms with Gasteiger partial charge in [-0.05, 0) is 56.2 Å². The second-order valence-electron chi connectivity index (χ2n) is 9.16. The van der Waals surface area contributed by atoms with Crippen LogP contribution >= 0.6 is 0 Å². The van der Waals surface area contributed by atoms with Crippen LogP contribution in [0.5, 0.6) is 0 Å². The van der Waals surface area contributed by atoms with Crippen molar-refractivity contribution in [3.8, 4) is 11.5 Å². The van der Waals surface area contributed by atoms with E-state index in [9.17, 15) is 4.79 Å². The van der Waals surface area contributed by atoms with E-state index in [-0.39, 0.29) is 11.8 Å². The highest BCUT2D eigenvalue weighted by atomic mass is 16.3. The van der Waals surface area contributed by atoms with Crippen LogP contribution in [-0.2, 0) is 4.79 Å². The summed E-state index contributed by atoms with van der Waals surface area (Å²) in [6.07, 6.45) is 10.7. The van der Waals surface area contributed by atoms with Crippen LogP contribution < -0.4 is 5.32 Å². The molecule has 0 bridgehead atoms. The van der Waals surface area contributed by atoms with Gasteiger partial charge in [-0.1, -0.05) is 0 Å². The fourth-order valence-electron chi connectivity index (χ4n) is 4.81. The number of nitrogens with one attached hydrogen (secondary N) is 1. The summed E-state index contributed by atoms with van der Waals surface area (Å²) in [5, 5.41) is 4.90. The molecule has 1 saturated carbocycles. The molecule has 2 aliphatic rings. The number of hydrogen-bond donors (Lipinski definition) is 1. The zero-order valence-electron chi connectivity index (χ0n) is 18.5. The first-order valence-corrected chi connectivity index (χ1v) is 11.5. The Labute approximate surface area is 188 Å². The van der Waals surface area contributed by atoms with Crippen molar-refractivity contribution in [2.75, 3.05) is 45.1 Å². The Hall–Kier alpha value is -2.84. The maximum atomic E-state index is 12.9. The fourth-order valence-corrected chi connectivity index (χ4v) is 4.81. The number of pyridine rings is 2. The van der Waals surface area contributed by atoms with Crippen molar-refractivity contribution in [1.29, 1.82) is 0 Å². The van der Waals surface area contributed by atoms with Crippen LogP contribution in [0.2, 0.25) is 0 Å². The smallest absolute Gasteiger partial charge is 0.228 e. The van der Waals surface area contributed by atoms with Gasteiger partial charge in [0.1, 0.15) is 11.5 Å². The molecule has 0 unspecified atom stereocenters. The van der Waals surface area contributed by atoms with E-state index < -0.39 is 0 Å². The van der Waals surface area contributed by atoms with Crippen LogP contribution in [0.15, 0.2) is 41.5 Å². The molecule has 0 aromatic carbocycles. The molecule has 1 aliphatic carbocycles. The highest BCUT2D eigenvalue weighted by Crippen LogP contribution is 2.31. The minimum Gasteiger partial charge on any atom is -0.442 e. The standard InChI is InChI=1S/C24H30N6O2/c1-29-6-8-30(9-7-29)15-17-2-4-18(5-3-17)24(31)28-23-11-19-10-21(22-14-25-16-32-22)26-12-20(19)13-27-23/h10-14,16-18H,2-9,15H2,1H3,(H,27,28,31). The third-order valence-corrected chi connectivity index (χ3v) is 6.87. The zero-order chi connectivity index (χ0) is 21.9. The van der Waals surface area contributed by atoms with Crippen molar-refractivity contribution in [3.05, 3.63) is 37.1 Å². The third-order valence-electron chi connectivity index (χ3n) is 6.87. The van der Waals surface area contributed by atoms with Gasteiger partial charge in [0.05, 0.1) is 6.20 Å². The van der Waals surface area contributed by atoms with Gasteiger partial charge in [-0.25, -0.2) is 9.97 Å². The summed E-state index contributed by atoms with van der Waals surface area (Å²) in [6, 6.07) is 3.82. The lowest BCUT2D eigenvalue weighted by Gasteiger charge is -2.36. The highest BCUT2D eigenvalue weighted by Gasteiger charge is 2.28. The van der Waals surface area contributed by atoms with Crippen LogP contribution in [-0.4, -0.2) is 70.4 Å². The number of oxazole rings is 1. The molecule has 3 aromatic heterocycles. The maximum absolute atomic E-state index is 12.9. The number of likely N-dealkylation sites (N-methyl/N-ethyl adjacent to an activating group) is 1. The Morgan fingerprint density at radius 1 is 1.03 bits per heavy atom. The van der Waals surface area contributed by atoms with Gasteiger partial charge in [-0.2, -0.15) is 0 Å². The van der Waals surface area contributed by atoms with Crippen molar-refractivity contribution in [2.45, 2.75) is 25.7 Å². The minimum atomic E-state index is 0.0680. The molecule has 8 heteroatoms. The molecule has 4 heterocycles. The summed E-state index contributed by atoms with van der Waals surface area (Å²) >= 11 is 0. The molecule has 0 radical (unpaired) electrons. The normalized spacial score (nSPS) is 22.8. The molecular weight excluding hydrogens is 404 g/mol. The Morgan fingerprint density at radius 2 is 1.81 bits per heavy atom. The number of anilines is 1. The number of carbonyl (C=O) groups is 1. The van der Waals surface area contributed by atoms with Crippen LogP contribution in [0.3, 0.4) is 0 Å². The monoisotopic (exact) mass is 434 g/mol. The van der Waals surface area contributed by atoms with E-state index in [0.717, 1.165) is 62.6 Å². The lowest BCUT2D eigenvalue weighted by atomic mass is 9.81. The van der Waals surface area contributed by atoms with E-state index in [1.807, 2.05) is 12.1 Å². The summed E-state index contributed by atoms with van der Waals surface area (Å²) in [5.41, 5.74) is 0.706. The topological polar surface area (TPSA) is 87.4 Å². The molecule has 1 saturated heterocycles. The van der Waals surface area contributed by atoms with Gasteiger partial charge in [-0.3, -0.25) is 9.78 Å². The molecular formula is C24H30N6O2. The first kappa shape index (κ1) is 21.0. The second-order valence-corrected chi connectivity index (χ2v) is 9.16. The molecule has 32 heavy (non-hydrogen) atoms. The first-order chi connectivity index (χ1) is 15.6. The molecule has 1 amide bonds. The van der Waals surface area contributed by atoms with Gasteiger partial charge in [0.2, 0.25) is 5.91 Å². The highest BCUT2D eigenvalue weighted by molar-refractivity contribution is 5.94. The number of rotatable bonds is 5. The largest absolute Gasteiger partial charge is 0.442 e. The van der Waals surface area contributed by atoms with Gasteiger partial charge in [-0.15, -0.1) is 0 Å². The Morgan fingerprint density at radius 3 is 2.56 bits per heavy atom. The average Bonchev–Trinajstić information content (AvgIpc) is 3.36. The van der Waals surface area contributed by atoms with E-state index in [2.05, 4.69) is 37.1 Å². The van der Waals surface area contributed by atoms with Gasteiger partial charge in [0.15, 0.2) is 12.2 Å². The zero-order valence-corrected chi connectivity index (χ0v) is 18.5. The minimum absolute atomic E-state index is 0.0680. The fraction of sp³-hybridized carbons (Fsp3) is 0.500. The number of carbonyl (C=O) groups excluding carboxylic acids is 1. The Bertz CT molecular complexity index is 1050. The van der Waals surface area contributed by atoms with Gasteiger partial charge >= 0.3 is 0 Å². The average molecular weight is 435 g/mol. The van der Waals surface area contributed by atoms with E-state index in [1.165, 1.54) is 12.9 Å². The van der Waals surface area contributed by atoms with Gasteiger partial charge in [0.25, 0.3) is 0 Å². The van der Waals surface area contributed by atoms with Gasteiger partial charge < -0.3 is 19.5 Å². The number of amides is 1. The van der Waals surface area contributed by atoms with Crippen molar-refractivity contribution >= 4 is 22.5 Å². The van der Waals surface area contributed by atoms with Crippen LogP contribution in [0.25, 0.3) is 22.2 Å². The van der Waals surface area contributed by atoms with E-state index in [4.69, 9.17) is 4.42 Å². The van der Waals surface area contributed by atoms with Crippen molar-refractivity contribution in [3.63, 3.8) is 0 Å². The Balaban J connectivity index is 1.17. The van der Waals surface area contributed by atoms with Crippen LogP contribution in [0.1, 0.15) is 25.7 Å². The number of hydrogen-bond acceptors (Lipinski definition) is 7. The van der Waals surface area contributed by atoms with Crippen molar-refractivity contribution in [1.82, 2.24) is 24.8 Å². The molecule has 8 nitrogen and oxygen atoms in total. The van der Waals surface area contributed by atoms with E-state index >= 15 is 0 Å². The molecule has 1 aliphatic heterocycles. The maximum Gasteiger partial charge on any atom is 0.228 e. The molecule has 3 aromatic rings. The lowest BCUT2D eigenvalue weighted by molar-refractivity contribution is -0.121. The summed E-state index contributed by atoms with van der Waals surface area (Å²) in [5.74, 6) is 2.06. The predicted octanol–water partition coefficient (Wildman–Crippen LogP) is 3.28. The summed E-state index contributed by atoms with van der Waals surface area (Å²) in [6.45, 7) is 5.82. The Kier molecular flexibility index (Phi) is 6.14. The molecule has 168 valence electrons. The number of piperazine rings is 1. The first-order valence-electron chi connectivity index (χ1n) is 11.5. The number of aromatic nitrogens is 3. The molecule has 1 N–H and O–H groups in total. The summed E-state index contributed by atoms with van der Waals surface area (Å²) < 4.78 is 5.34. The van der Waals surface area contributed by atoms with E-state index in [0.29, 0.717) is 23.2 Å². The second kappa shape index (κ2) is 9.34. The SMILES string of the molecule is CN1CCN(CC2CCC(C(=O)Nc3cc4cc(-c5cnco5)ncc4cn3)CC2)CC1. The van der Waals surface area contributed by atoms with Crippen LogP contribution in [0, 0.1) is 11.8 Å². The summed E-state index contributed by atoms with van der Waals surface area (Å²) in [7, 11) is 2.19. The van der Waals surface area contributed by atoms with E-state index in [1.54, 1.807) is 18.6 Å². The molecule has 0 atom stereocenters. The van der Waals surface area contributed by atoms with Crippen molar-refractivity contribution < 1.29 is 9.21 Å². The van der Waals surface area contributed by atoms with Crippen LogP contribution in [0.4, 0.5) is 5.82 Å². The van der Waals surface area contributed by atoms with Gasteiger partial charge in [0, 0.05) is 56.4 Å². The quantitative estimate of drug-likeness (QED) is 0.659. The lowest BCUT2D eigenvalue weighted by Crippen LogP contribution is -2.46. The van der Waals surface area contributed by atoms with Crippen molar-refractivity contribution in [2.24, 2.45) is 11.8 Å². The molecule has 5 rings (SSSR count).